The molecule has 27 heavy (non-hydrogen) atoms. The predicted octanol–water partition coefficient (Wildman–Crippen LogP) is 4.42. The molecule has 2 amide bonds. The van der Waals surface area contributed by atoms with Crippen molar-refractivity contribution in [1.82, 2.24) is 5.01 Å². The zero-order valence-electron chi connectivity index (χ0n) is 15.1. The van der Waals surface area contributed by atoms with Gasteiger partial charge >= 0.3 is 0 Å². The van der Waals surface area contributed by atoms with Gasteiger partial charge in [-0.3, -0.25) is 9.59 Å². The number of carbonyl (C=O) groups excluding carboxylic acids is 2. The van der Waals surface area contributed by atoms with Gasteiger partial charge in [-0.25, -0.2) is 0 Å². The largest absolute Gasteiger partial charge is 0.488 e. The average Bonchev–Trinajstić information content (AvgIpc) is 3.31. The maximum Gasteiger partial charge on any atom is 0.254 e. The lowest BCUT2D eigenvalue weighted by atomic mass is 9.85. The molecular formula is C20H20BrClN2O3. The first-order valence-electron chi connectivity index (χ1n) is 9.16. The standard InChI is InChI=1S/C20H20BrClN2O3/c1-3-10(2)27-18-14(21)6-11(7-15(18)22)9-23-24-19(25)16-12-4-5-13(8-12)17(16)20(24)26/h4-7,9-10,12-13,16-17H,3,8H2,1-2H3/t10-,12-,13-,16-,17+/m0/s1. The number of rotatable bonds is 5. The number of nitrogens with zero attached hydrogens (tertiary/aromatic N) is 2. The quantitative estimate of drug-likeness (QED) is 0.378. The molecule has 142 valence electrons. The lowest BCUT2D eigenvalue weighted by molar-refractivity contribution is -0.140. The van der Waals surface area contributed by atoms with Gasteiger partial charge in [0.05, 0.1) is 33.6 Å². The topological polar surface area (TPSA) is 59.0 Å². The van der Waals surface area contributed by atoms with Crippen LogP contribution in [-0.4, -0.2) is 29.1 Å². The van der Waals surface area contributed by atoms with Crippen molar-refractivity contribution < 1.29 is 14.3 Å². The van der Waals surface area contributed by atoms with Crippen molar-refractivity contribution in [2.75, 3.05) is 0 Å². The molecule has 2 fully saturated rings. The molecule has 1 saturated carbocycles. The van der Waals surface area contributed by atoms with E-state index in [0.717, 1.165) is 17.9 Å². The molecule has 0 aromatic heterocycles. The number of benzene rings is 1. The first kappa shape index (κ1) is 18.7. The second-order valence-corrected chi connectivity index (χ2v) is 8.64. The van der Waals surface area contributed by atoms with Gasteiger partial charge in [0.25, 0.3) is 11.8 Å². The maximum atomic E-state index is 12.7. The minimum absolute atomic E-state index is 0.0431. The van der Waals surface area contributed by atoms with E-state index in [1.165, 1.54) is 6.21 Å². The summed E-state index contributed by atoms with van der Waals surface area (Å²) in [6.07, 6.45) is 7.44. The Balaban J connectivity index is 1.54. The summed E-state index contributed by atoms with van der Waals surface area (Å²) in [5, 5.41) is 5.67. The van der Waals surface area contributed by atoms with Gasteiger partial charge in [-0.2, -0.15) is 10.1 Å². The van der Waals surface area contributed by atoms with Crippen molar-refractivity contribution >= 4 is 45.6 Å². The van der Waals surface area contributed by atoms with Crippen LogP contribution in [0.4, 0.5) is 0 Å². The summed E-state index contributed by atoms with van der Waals surface area (Å²) in [5.41, 5.74) is 0.683. The van der Waals surface area contributed by atoms with Crippen LogP contribution in [0.1, 0.15) is 32.3 Å². The Morgan fingerprint density at radius 3 is 2.48 bits per heavy atom. The van der Waals surface area contributed by atoms with E-state index < -0.39 is 0 Å². The van der Waals surface area contributed by atoms with E-state index in [4.69, 9.17) is 16.3 Å². The van der Waals surface area contributed by atoms with Crippen molar-refractivity contribution in [3.8, 4) is 5.75 Å². The van der Waals surface area contributed by atoms with Crippen LogP contribution >= 0.6 is 27.5 Å². The lowest BCUT2D eigenvalue weighted by Gasteiger charge is -2.16. The second kappa shape index (κ2) is 7.06. The number of hydrogen-bond donors (Lipinski definition) is 0. The van der Waals surface area contributed by atoms with Crippen LogP contribution in [-0.2, 0) is 9.59 Å². The minimum atomic E-state index is -0.244. The fourth-order valence-corrected chi connectivity index (χ4v) is 5.13. The van der Waals surface area contributed by atoms with E-state index in [0.29, 0.717) is 20.8 Å². The molecule has 7 heteroatoms. The number of imide groups is 1. The zero-order valence-corrected chi connectivity index (χ0v) is 17.4. The number of hydrazone groups is 1. The monoisotopic (exact) mass is 450 g/mol. The summed E-state index contributed by atoms with van der Waals surface area (Å²) in [6.45, 7) is 4.01. The molecule has 1 aromatic carbocycles. The van der Waals surface area contributed by atoms with E-state index in [2.05, 4.69) is 33.2 Å². The summed E-state index contributed by atoms with van der Waals surface area (Å²) in [7, 11) is 0. The third kappa shape index (κ3) is 3.13. The van der Waals surface area contributed by atoms with Gasteiger partial charge in [-0.1, -0.05) is 30.7 Å². The van der Waals surface area contributed by atoms with Crippen molar-refractivity contribution in [3.63, 3.8) is 0 Å². The molecule has 0 radical (unpaired) electrons. The molecule has 1 aromatic rings. The normalized spacial score (nSPS) is 29.9. The molecule has 4 rings (SSSR count). The molecule has 5 nitrogen and oxygen atoms in total. The Kier molecular flexibility index (Phi) is 4.89. The number of amides is 2. The molecule has 0 unspecified atom stereocenters. The third-order valence-corrected chi connectivity index (χ3v) is 6.55. The number of carbonyl (C=O) groups is 2. The van der Waals surface area contributed by atoms with Crippen molar-refractivity contribution in [3.05, 3.63) is 39.3 Å². The van der Waals surface area contributed by atoms with Gasteiger partial charge < -0.3 is 4.74 Å². The van der Waals surface area contributed by atoms with Crippen molar-refractivity contribution in [1.29, 1.82) is 0 Å². The third-order valence-electron chi connectivity index (χ3n) is 5.68. The summed E-state index contributed by atoms with van der Waals surface area (Å²) in [6, 6.07) is 3.52. The van der Waals surface area contributed by atoms with Crippen LogP contribution in [0, 0.1) is 23.7 Å². The van der Waals surface area contributed by atoms with Crippen LogP contribution in [0.25, 0.3) is 0 Å². The Morgan fingerprint density at radius 1 is 1.30 bits per heavy atom. The van der Waals surface area contributed by atoms with Crippen LogP contribution in [0.5, 0.6) is 5.75 Å². The molecule has 0 spiro atoms. The SMILES string of the molecule is CC[C@H](C)Oc1c(Cl)cc(C=NN2C(=O)[C@@H]3[C@H](C2=O)[C@H]2C=C[C@H]3C2)cc1Br. The van der Waals surface area contributed by atoms with Gasteiger partial charge in [-0.05, 0) is 65.2 Å². The predicted molar refractivity (Wildman–Crippen MR) is 107 cm³/mol. The molecule has 1 heterocycles. The molecule has 2 aliphatic carbocycles. The van der Waals surface area contributed by atoms with E-state index >= 15 is 0 Å². The lowest BCUT2D eigenvalue weighted by Crippen LogP contribution is -2.28. The Morgan fingerprint density at radius 2 is 1.93 bits per heavy atom. The first-order valence-corrected chi connectivity index (χ1v) is 10.3. The number of halogens is 2. The van der Waals surface area contributed by atoms with Crippen LogP contribution in [0.2, 0.25) is 5.02 Å². The van der Waals surface area contributed by atoms with Crippen molar-refractivity contribution in [2.24, 2.45) is 28.8 Å². The molecule has 3 aliphatic rings. The van der Waals surface area contributed by atoms with E-state index in [-0.39, 0.29) is 41.6 Å². The van der Waals surface area contributed by atoms with Gasteiger partial charge in [0, 0.05) is 0 Å². The zero-order chi connectivity index (χ0) is 19.3. The van der Waals surface area contributed by atoms with Gasteiger partial charge in [-0.15, -0.1) is 0 Å². The van der Waals surface area contributed by atoms with Crippen molar-refractivity contribution in [2.45, 2.75) is 32.8 Å². The fraction of sp³-hybridized carbons (Fsp3) is 0.450. The number of hydrogen-bond acceptors (Lipinski definition) is 4. The first-order chi connectivity index (χ1) is 12.9. The highest BCUT2D eigenvalue weighted by molar-refractivity contribution is 9.10. The summed E-state index contributed by atoms with van der Waals surface area (Å²) >= 11 is 9.81. The van der Waals surface area contributed by atoms with Crippen LogP contribution < -0.4 is 4.74 Å². The van der Waals surface area contributed by atoms with Gasteiger partial charge in [0.15, 0.2) is 5.75 Å². The fourth-order valence-electron chi connectivity index (χ4n) is 4.18. The highest BCUT2D eigenvalue weighted by Gasteiger charge is 2.59. The molecule has 5 atom stereocenters. The number of ether oxygens (including phenoxy) is 1. The smallest absolute Gasteiger partial charge is 0.254 e. The number of fused-ring (bicyclic) bond motifs is 5. The summed E-state index contributed by atoms with van der Waals surface area (Å²) in [4.78, 5) is 25.3. The van der Waals surface area contributed by atoms with E-state index in [1.807, 2.05) is 19.9 Å². The Hall–Kier alpha value is -1.66. The molecule has 2 bridgehead atoms. The second-order valence-electron chi connectivity index (χ2n) is 7.38. The average molecular weight is 452 g/mol. The highest BCUT2D eigenvalue weighted by atomic mass is 79.9. The Bertz CT molecular complexity index is 816. The van der Waals surface area contributed by atoms with Crippen LogP contribution in [0.3, 0.4) is 0 Å². The maximum absolute atomic E-state index is 12.7. The Labute approximate surface area is 171 Å². The summed E-state index contributed by atoms with van der Waals surface area (Å²) in [5.74, 6) is 0.0562. The van der Waals surface area contributed by atoms with Gasteiger partial charge in [0.2, 0.25) is 0 Å². The molecule has 1 aliphatic heterocycles. The van der Waals surface area contributed by atoms with E-state index in [9.17, 15) is 9.59 Å². The molecule has 0 N–H and O–H groups in total. The highest BCUT2D eigenvalue weighted by Crippen LogP contribution is 2.52. The molecular weight excluding hydrogens is 432 g/mol. The number of allylic oxidation sites excluding steroid dienone is 2. The molecule has 1 saturated heterocycles. The summed E-state index contributed by atoms with van der Waals surface area (Å²) < 4.78 is 6.53. The minimum Gasteiger partial charge on any atom is -0.488 e. The van der Waals surface area contributed by atoms with Crippen LogP contribution in [0.15, 0.2) is 33.9 Å². The van der Waals surface area contributed by atoms with Gasteiger partial charge in [0.1, 0.15) is 0 Å². The van der Waals surface area contributed by atoms with E-state index in [1.54, 1.807) is 6.07 Å².